The molecule has 0 bridgehead atoms. The van der Waals surface area contributed by atoms with Gasteiger partial charge in [-0.25, -0.2) is 9.78 Å². The summed E-state index contributed by atoms with van der Waals surface area (Å²) >= 11 is 1.32. The Labute approximate surface area is 119 Å². The Morgan fingerprint density at radius 3 is 2.55 bits per heavy atom. The van der Waals surface area contributed by atoms with Crippen LogP contribution >= 0.6 is 11.8 Å². The Balaban J connectivity index is 2.23. The highest BCUT2D eigenvalue weighted by Gasteiger charge is 2.09. The van der Waals surface area contributed by atoms with Crippen LogP contribution in [0.4, 0.5) is 0 Å². The molecule has 1 aromatic carbocycles. The molecule has 0 atom stereocenters. The van der Waals surface area contributed by atoms with E-state index in [1.807, 2.05) is 6.07 Å². The first-order valence-electron chi connectivity index (χ1n) is 5.75. The zero-order valence-corrected chi connectivity index (χ0v) is 11.5. The van der Waals surface area contributed by atoms with Crippen molar-refractivity contribution >= 4 is 23.6 Å². The van der Waals surface area contributed by atoms with E-state index in [9.17, 15) is 9.59 Å². The molecular formula is C14H12N2O3S. The molecule has 0 radical (unpaired) electrons. The number of aromatic carboxylic acids is 1. The van der Waals surface area contributed by atoms with E-state index in [2.05, 4.69) is 4.98 Å². The van der Waals surface area contributed by atoms with E-state index in [0.717, 1.165) is 4.90 Å². The largest absolute Gasteiger partial charge is 0.478 e. The number of carboxylic acid groups (broad SMARTS) is 1. The molecule has 0 aliphatic heterocycles. The highest BCUT2D eigenvalue weighted by Crippen LogP contribution is 2.27. The maximum Gasteiger partial charge on any atom is 0.335 e. The number of benzene rings is 1. The number of aryl methyl sites for hydroxylation is 1. The molecule has 2 rings (SSSR count). The van der Waals surface area contributed by atoms with Crippen molar-refractivity contribution in [2.75, 3.05) is 0 Å². The molecule has 1 aromatic heterocycles. The van der Waals surface area contributed by atoms with Crippen molar-refractivity contribution in [1.82, 2.24) is 4.98 Å². The molecule has 0 saturated heterocycles. The molecule has 0 aliphatic carbocycles. The van der Waals surface area contributed by atoms with E-state index >= 15 is 0 Å². The predicted molar refractivity (Wildman–Crippen MR) is 75.0 cm³/mol. The van der Waals surface area contributed by atoms with E-state index in [0.29, 0.717) is 16.2 Å². The first-order chi connectivity index (χ1) is 9.47. The Kier molecular flexibility index (Phi) is 4.05. The summed E-state index contributed by atoms with van der Waals surface area (Å²) < 4.78 is 0. The van der Waals surface area contributed by atoms with Crippen molar-refractivity contribution in [2.24, 2.45) is 5.73 Å². The number of nitrogens with zero attached hydrogens (tertiary/aromatic N) is 1. The molecule has 0 saturated carbocycles. The molecule has 2 aromatic rings. The molecule has 1 amide bonds. The van der Waals surface area contributed by atoms with Gasteiger partial charge in [0, 0.05) is 11.1 Å². The van der Waals surface area contributed by atoms with E-state index in [4.69, 9.17) is 10.8 Å². The summed E-state index contributed by atoms with van der Waals surface area (Å²) in [6.07, 6.45) is 1.40. The van der Waals surface area contributed by atoms with Crippen LogP contribution in [0.5, 0.6) is 0 Å². The van der Waals surface area contributed by atoms with Gasteiger partial charge in [0.1, 0.15) is 5.03 Å². The second kappa shape index (κ2) is 5.75. The average molecular weight is 288 g/mol. The first-order valence-corrected chi connectivity index (χ1v) is 6.56. The third-order valence-electron chi connectivity index (χ3n) is 2.68. The smallest absolute Gasteiger partial charge is 0.335 e. The standard InChI is InChI=1S/C14H12N2O3S/c1-8-2-4-10(6-11(8)14(18)19)20-12-5-3-9(7-16-12)13(15)17/h2-7H,1H3,(H2,15,17)(H,18,19). The lowest BCUT2D eigenvalue weighted by Gasteiger charge is -2.05. The van der Waals surface area contributed by atoms with Gasteiger partial charge in [0.15, 0.2) is 0 Å². The van der Waals surface area contributed by atoms with Gasteiger partial charge in [-0.15, -0.1) is 0 Å². The Hall–Kier alpha value is -2.34. The van der Waals surface area contributed by atoms with Gasteiger partial charge in [0.25, 0.3) is 0 Å². The van der Waals surface area contributed by atoms with Gasteiger partial charge >= 0.3 is 5.97 Å². The number of rotatable bonds is 4. The lowest BCUT2D eigenvalue weighted by Crippen LogP contribution is -2.10. The quantitative estimate of drug-likeness (QED) is 0.900. The van der Waals surface area contributed by atoms with Gasteiger partial charge in [-0.3, -0.25) is 4.79 Å². The number of primary amides is 1. The number of aromatic nitrogens is 1. The summed E-state index contributed by atoms with van der Waals surface area (Å²) in [6.45, 7) is 1.75. The number of carbonyl (C=O) groups excluding carboxylic acids is 1. The third kappa shape index (κ3) is 3.16. The summed E-state index contributed by atoms with van der Waals surface area (Å²) in [5, 5.41) is 9.74. The van der Waals surface area contributed by atoms with Crippen LogP contribution in [0.25, 0.3) is 0 Å². The SMILES string of the molecule is Cc1ccc(Sc2ccc(C(N)=O)cn2)cc1C(=O)O. The van der Waals surface area contributed by atoms with Crippen LogP contribution in [-0.4, -0.2) is 22.0 Å². The maximum atomic E-state index is 11.1. The van der Waals surface area contributed by atoms with Gasteiger partial charge in [0.2, 0.25) is 5.91 Å². The van der Waals surface area contributed by atoms with Crippen LogP contribution in [0.15, 0.2) is 46.5 Å². The fraction of sp³-hybridized carbons (Fsp3) is 0.0714. The zero-order chi connectivity index (χ0) is 14.7. The first kappa shape index (κ1) is 14.1. The highest BCUT2D eigenvalue weighted by molar-refractivity contribution is 7.99. The molecule has 0 aliphatic rings. The van der Waals surface area contributed by atoms with Crippen LogP contribution in [0.1, 0.15) is 26.3 Å². The highest BCUT2D eigenvalue weighted by atomic mass is 32.2. The number of nitrogens with two attached hydrogens (primary N) is 1. The predicted octanol–water partition coefficient (Wildman–Crippen LogP) is 2.34. The van der Waals surface area contributed by atoms with E-state index in [1.165, 1.54) is 18.0 Å². The Bertz CT molecular complexity index is 669. The van der Waals surface area contributed by atoms with Gasteiger partial charge in [-0.05, 0) is 36.8 Å². The van der Waals surface area contributed by atoms with Crippen molar-refractivity contribution in [3.05, 3.63) is 53.2 Å². The number of pyridine rings is 1. The van der Waals surface area contributed by atoms with Crippen LogP contribution < -0.4 is 5.73 Å². The van der Waals surface area contributed by atoms with Gasteiger partial charge in [-0.2, -0.15) is 0 Å². The van der Waals surface area contributed by atoms with E-state index in [1.54, 1.807) is 31.2 Å². The summed E-state index contributed by atoms with van der Waals surface area (Å²) in [5.41, 5.74) is 6.45. The topological polar surface area (TPSA) is 93.3 Å². The van der Waals surface area contributed by atoms with Gasteiger partial charge < -0.3 is 10.8 Å². The lowest BCUT2D eigenvalue weighted by atomic mass is 10.1. The van der Waals surface area contributed by atoms with Crippen molar-refractivity contribution in [3.8, 4) is 0 Å². The fourth-order valence-electron chi connectivity index (χ4n) is 1.60. The summed E-state index contributed by atoms with van der Waals surface area (Å²) in [6, 6.07) is 8.45. The van der Waals surface area contributed by atoms with E-state index < -0.39 is 11.9 Å². The molecule has 6 heteroatoms. The monoisotopic (exact) mass is 288 g/mol. The molecule has 0 fully saturated rings. The summed E-state index contributed by atoms with van der Waals surface area (Å²) in [4.78, 5) is 26.9. The molecule has 0 spiro atoms. The number of amides is 1. The molecular weight excluding hydrogens is 276 g/mol. The second-order valence-electron chi connectivity index (χ2n) is 4.13. The Morgan fingerprint density at radius 1 is 1.25 bits per heavy atom. The van der Waals surface area contributed by atoms with Crippen LogP contribution in [0.3, 0.4) is 0 Å². The minimum Gasteiger partial charge on any atom is -0.478 e. The number of carboxylic acids is 1. The van der Waals surface area contributed by atoms with E-state index in [-0.39, 0.29) is 5.56 Å². The van der Waals surface area contributed by atoms with Crippen LogP contribution in [-0.2, 0) is 0 Å². The van der Waals surface area contributed by atoms with Crippen molar-refractivity contribution < 1.29 is 14.7 Å². The normalized spacial score (nSPS) is 10.2. The zero-order valence-electron chi connectivity index (χ0n) is 10.7. The molecule has 20 heavy (non-hydrogen) atoms. The summed E-state index contributed by atoms with van der Waals surface area (Å²) in [7, 11) is 0. The van der Waals surface area contributed by atoms with Crippen molar-refractivity contribution in [3.63, 3.8) is 0 Å². The van der Waals surface area contributed by atoms with Crippen molar-refractivity contribution in [1.29, 1.82) is 0 Å². The number of hydrogen-bond donors (Lipinski definition) is 2. The number of hydrogen-bond acceptors (Lipinski definition) is 4. The minimum atomic E-state index is -0.956. The molecule has 3 N–H and O–H groups in total. The average Bonchev–Trinajstić information content (AvgIpc) is 2.41. The molecule has 0 unspecified atom stereocenters. The second-order valence-corrected chi connectivity index (χ2v) is 5.23. The number of carbonyl (C=O) groups is 2. The summed E-state index contributed by atoms with van der Waals surface area (Å²) in [5.74, 6) is -1.49. The molecule has 5 nitrogen and oxygen atoms in total. The fourth-order valence-corrected chi connectivity index (χ4v) is 2.40. The minimum absolute atomic E-state index is 0.267. The van der Waals surface area contributed by atoms with Gasteiger partial charge in [0.05, 0.1) is 11.1 Å². The maximum absolute atomic E-state index is 11.1. The van der Waals surface area contributed by atoms with Crippen molar-refractivity contribution in [2.45, 2.75) is 16.8 Å². The molecule has 1 heterocycles. The third-order valence-corrected chi connectivity index (χ3v) is 3.62. The van der Waals surface area contributed by atoms with Crippen LogP contribution in [0, 0.1) is 6.92 Å². The Morgan fingerprint density at radius 2 is 2.00 bits per heavy atom. The lowest BCUT2D eigenvalue weighted by molar-refractivity contribution is 0.0695. The molecule has 102 valence electrons. The van der Waals surface area contributed by atoms with Gasteiger partial charge in [-0.1, -0.05) is 17.8 Å². The van der Waals surface area contributed by atoms with Crippen LogP contribution in [0.2, 0.25) is 0 Å².